The summed E-state index contributed by atoms with van der Waals surface area (Å²) in [5, 5.41) is 8.95. The third-order valence-corrected chi connectivity index (χ3v) is 2.94. The van der Waals surface area contributed by atoms with Gasteiger partial charge in [-0.2, -0.15) is 5.26 Å². The van der Waals surface area contributed by atoms with Crippen molar-refractivity contribution in [3.05, 3.63) is 0 Å². The van der Waals surface area contributed by atoms with E-state index in [1.54, 1.807) is 0 Å². The number of likely N-dealkylation sites (tertiary alicyclic amines) is 1. The fraction of sp³-hybridized carbons (Fsp3) is 0.909. The molecule has 1 fully saturated rings. The van der Waals surface area contributed by atoms with E-state index in [4.69, 9.17) is 5.26 Å². The molecule has 14 heavy (non-hydrogen) atoms. The van der Waals surface area contributed by atoms with E-state index in [-0.39, 0.29) is 5.41 Å². The first-order chi connectivity index (χ1) is 6.44. The maximum Gasteiger partial charge on any atom is 0.0697 e. The summed E-state index contributed by atoms with van der Waals surface area (Å²) in [5.74, 6) is 0. The van der Waals surface area contributed by atoms with Gasteiger partial charge in [0.1, 0.15) is 0 Å². The lowest BCUT2D eigenvalue weighted by Gasteiger charge is -2.29. The zero-order valence-electron chi connectivity index (χ0n) is 9.75. The largest absolute Gasteiger partial charge is 0.305 e. The monoisotopic (exact) mass is 195 g/mol. The fourth-order valence-electron chi connectivity index (χ4n) is 2.06. The highest BCUT2D eigenvalue weighted by atomic mass is 15.2. The Morgan fingerprint density at radius 3 is 2.64 bits per heavy atom. The number of likely N-dealkylation sites (N-methyl/N-ethyl adjacent to an activating group) is 2. The van der Waals surface area contributed by atoms with E-state index in [1.165, 1.54) is 13.0 Å². The van der Waals surface area contributed by atoms with Gasteiger partial charge >= 0.3 is 0 Å². The highest BCUT2D eigenvalue weighted by Gasteiger charge is 2.27. The molecule has 0 bridgehead atoms. The smallest absolute Gasteiger partial charge is 0.0697 e. The lowest BCUT2D eigenvalue weighted by atomic mass is 9.94. The van der Waals surface area contributed by atoms with Crippen LogP contribution in [0.3, 0.4) is 0 Å². The van der Waals surface area contributed by atoms with Crippen molar-refractivity contribution in [1.82, 2.24) is 9.80 Å². The van der Waals surface area contributed by atoms with Gasteiger partial charge in [0.15, 0.2) is 0 Å². The Morgan fingerprint density at radius 2 is 2.21 bits per heavy atom. The lowest BCUT2D eigenvalue weighted by Crippen LogP contribution is -2.39. The number of nitrogens with zero attached hydrogens (tertiary/aromatic N) is 3. The minimum Gasteiger partial charge on any atom is -0.305 e. The predicted molar refractivity (Wildman–Crippen MR) is 57.9 cm³/mol. The van der Waals surface area contributed by atoms with E-state index in [2.05, 4.69) is 30.0 Å². The molecule has 1 aliphatic rings. The minimum absolute atomic E-state index is 0.226. The molecule has 3 heteroatoms. The Labute approximate surface area is 87.3 Å². The number of hydrogen-bond donors (Lipinski definition) is 0. The van der Waals surface area contributed by atoms with Crippen molar-refractivity contribution in [1.29, 1.82) is 5.26 Å². The number of hydrogen-bond acceptors (Lipinski definition) is 3. The molecule has 0 radical (unpaired) electrons. The van der Waals surface area contributed by atoms with Crippen molar-refractivity contribution in [2.75, 3.05) is 33.7 Å². The maximum absolute atomic E-state index is 8.95. The second kappa shape index (κ2) is 4.29. The third kappa shape index (κ3) is 2.97. The quantitative estimate of drug-likeness (QED) is 0.677. The first-order valence-electron chi connectivity index (χ1n) is 5.24. The Hall–Kier alpha value is -0.590. The van der Waals surface area contributed by atoms with Gasteiger partial charge in [0, 0.05) is 19.1 Å². The molecule has 0 amide bonds. The van der Waals surface area contributed by atoms with Crippen molar-refractivity contribution in [2.24, 2.45) is 5.41 Å². The van der Waals surface area contributed by atoms with Crippen LogP contribution in [0.15, 0.2) is 0 Å². The molecule has 0 aliphatic carbocycles. The van der Waals surface area contributed by atoms with E-state index >= 15 is 0 Å². The normalized spacial score (nSPS) is 24.1. The average Bonchev–Trinajstić information content (AvgIpc) is 2.51. The van der Waals surface area contributed by atoms with Crippen LogP contribution in [-0.4, -0.2) is 49.6 Å². The average molecular weight is 195 g/mol. The highest BCUT2D eigenvalue weighted by Crippen LogP contribution is 2.19. The molecule has 1 atom stereocenters. The molecule has 1 rings (SSSR count). The second-order valence-corrected chi connectivity index (χ2v) is 5.12. The lowest BCUT2D eigenvalue weighted by molar-refractivity contribution is 0.192. The molecule has 0 aromatic carbocycles. The minimum atomic E-state index is -0.226. The zero-order chi connectivity index (χ0) is 10.8. The van der Waals surface area contributed by atoms with Gasteiger partial charge in [-0.1, -0.05) is 0 Å². The summed E-state index contributed by atoms with van der Waals surface area (Å²) < 4.78 is 0. The highest BCUT2D eigenvalue weighted by molar-refractivity contribution is 4.95. The van der Waals surface area contributed by atoms with Crippen LogP contribution in [0, 0.1) is 16.7 Å². The van der Waals surface area contributed by atoms with Gasteiger partial charge in [-0.3, -0.25) is 0 Å². The summed E-state index contributed by atoms with van der Waals surface area (Å²) in [6, 6.07) is 2.98. The van der Waals surface area contributed by atoms with Crippen LogP contribution in [0.25, 0.3) is 0 Å². The number of rotatable bonds is 3. The van der Waals surface area contributed by atoms with Crippen LogP contribution in [0.2, 0.25) is 0 Å². The van der Waals surface area contributed by atoms with Crippen molar-refractivity contribution >= 4 is 0 Å². The molecule has 0 aromatic heterocycles. The van der Waals surface area contributed by atoms with Crippen LogP contribution in [-0.2, 0) is 0 Å². The first kappa shape index (κ1) is 11.5. The first-order valence-corrected chi connectivity index (χ1v) is 5.24. The van der Waals surface area contributed by atoms with E-state index in [0.29, 0.717) is 6.04 Å². The summed E-state index contributed by atoms with van der Waals surface area (Å²) in [7, 11) is 4.28. The molecular formula is C11H21N3. The Kier molecular flexibility index (Phi) is 3.52. The molecule has 0 aromatic rings. The molecule has 1 unspecified atom stereocenters. The van der Waals surface area contributed by atoms with E-state index < -0.39 is 0 Å². The Balaban J connectivity index is 2.43. The van der Waals surface area contributed by atoms with Gasteiger partial charge < -0.3 is 9.80 Å². The van der Waals surface area contributed by atoms with Gasteiger partial charge in [-0.25, -0.2) is 0 Å². The maximum atomic E-state index is 8.95. The molecule has 0 spiro atoms. The van der Waals surface area contributed by atoms with Gasteiger partial charge in [0.2, 0.25) is 0 Å². The Morgan fingerprint density at radius 1 is 1.57 bits per heavy atom. The van der Waals surface area contributed by atoms with Crippen molar-refractivity contribution in [2.45, 2.75) is 26.3 Å². The molecule has 0 N–H and O–H groups in total. The van der Waals surface area contributed by atoms with Crippen molar-refractivity contribution in [3.8, 4) is 6.07 Å². The number of nitriles is 1. The van der Waals surface area contributed by atoms with Crippen molar-refractivity contribution < 1.29 is 0 Å². The summed E-state index contributed by atoms with van der Waals surface area (Å²) in [6.45, 7) is 7.19. The topological polar surface area (TPSA) is 30.3 Å². The van der Waals surface area contributed by atoms with E-state index in [9.17, 15) is 0 Å². The molecule has 1 saturated heterocycles. The molecule has 1 heterocycles. The molecule has 0 saturated carbocycles. The van der Waals surface area contributed by atoms with Crippen LogP contribution in [0.5, 0.6) is 0 Å². The summed E-state index contributed by atoms with van der Waals surface area (Å²) >= 11 is 0. The standard InChI is InChI=1S/C11H21N3/c1-11(2,8-12)9-14(4)10-5-6-13(3)7-10/h10H,5-7,9H2,1-4H3. The molecule has 1 aliphatic heterocycles. The summed E-state index contributed by atoms with van der Waals surface area (Å²) in [6.07, 6.45) is 1.23. The molecule has 3 nitrogen and oxygen atoms in total. The van der Waals surface area contributed by atoms with E-state index in [1.807, 2.05) is 13.8 Å². The Bertz CT molecular complexity index is 229. The van der Waals surface area contributed by atoms with Gasteiger partial charge in [-0.15, -0.1) is 0 Å². The van der Waals surface area contributed by atoms with Crippen LogP contribution < -0.4 is 0 Å². The molecular weight excluding hydrogens is 174 g/mol. The predicted octanol–water partition coefficient (Wildman–Crippen LogP) is 1.17. The van der Waals surface area contributed by atoms with Crippen LogP contribution in [0.4, 0.5) is 0 Å². The summed E-state index contributed by atoms with van der Waals surface area (Å²) in [5.41, 5.74) is -0.226. The fourth-order valence-corrected chi connectivity index (χ4v) is 2.06. The second-order valence-electron chi connectivity index (χ2n) is 5.12. The third-order valence-electron chi connectivity index (χ3n) is 2.94. The molecule has 80 valence electrons. The van der Waals surface area contributed by atoms with Gasteiger partial charge in [0.25, 0.3) is 0 Å². The van der Waals surface area contributed by atoms with E-state index in [0.717, 1.165) is 13.1 Å². The van der Waals surface area contributed by atoms with Crippen molar-refractivity contribution in [3.63, 3.8) is 0 Å². The van der Waals surface area contributed by atoms with Crippen LogP contribution in [0.1, 0.15) is 20.3 Å². The zero-order valence-corrected chi connectivity index (χ0v) is 9.75. The van der Waals surface area contributed by atoms with Gasteiger partial charge in [0.05, 0.1) is 11.5 Å². The van der Waals surface area contributed by atoms with Gasteiger partial charge in [-0.05, 0) is 40.9 Å². The summed E-state index contributed by atoms with van der Waals surface area (Å²) in [4.78, 5) is 4.67. The van der Waals surface area contributed by atoms with Crippen LogP contribution >= 0.6 is 0 Å². The SMILES string of the molecule is CN1CCC(N(C)CC(C)(C)C#N)C1.